The summed E-state index contributed by atoms with van der Waals surface area (Å²) >= 11 is 0. The van der Waals surface area contributed by atoms with Crippen molar-refractivity contribution in [3.05, 3.63) is 11.6 Å². The zero-order valence-electron chi connectivity index (χ0n) is 11.5. The lowest BCUT2D eigenvalue weighted by molar-refractivity contribution is -0.137. The molecule has 0 amide bonds. The summed E-state index contributed by atoms with van der Waals surface area (Å²) in [5, 5.41) is 8.54. The van der Waals surface area contributed by atoms with Crippen molar-refractivity contribution in [1.29, 1.82) is 0 Å². The topological polar surface area (TPSA) is 37.3 Å². The average molecular weight is 240 g/mol. The third-order valence-corrected chi connectivity index (χ3v) is 2.98. The highest BCUT2D eigenvalue weighted by Gasteiger charge is 1.98. The number of hydrogen-bond donors (Lipinski definition) is 1. The van der Waals surface area contributed by atoms with Crippen molar-refractivity contribution in [3.63, 3.8) is 0 Å². The molecule has 0 aromatic heterocycles. The second-order valence-corrected chi connectivity index (χ2v) is 4.71. The highest BCUT2D eigenvalue weighted by Crippen LogP contribution is 2.16. The maximum atomic E-state index is 10.4. The number of allylic oxidation sites excluding steroid dienone is 2. The Hall–Kier alpha value is -0.790. The molecule has 2 heteroatoms. The molecule has 0 aliphatic heterocycles. The van der Waals surface area contributed by atoms with Crippen LogP contribution in [0.4, 0.5) is 0 Å². The molecule has 0 aromatic rings. The maximum Gasteiger partial charge on any atom is 0.303 e. The standard InChI is InChI=1S/C15H28O2/c1-3-5-10-14(11-6-4-2)12-8-7-9-13-15(16)17/h12H,3-11,13H2,1-2H3,(H,16,17). The van der Waals surface area contributed by atoms with E-state index in [0.29, 0.717) is 6.42 Å². The molecule has 0 aliphatic rings. The predicted molar refractivity (Wildman–Crippen MR) is 73.2 cm³/mol. The molecule has 0 saturated heterocycles. The van der Waals surface area contributed by atoms with Crippen LogP contribution in [-0.2, 0) is 4.79 Å². The summed E-state index contributed by atoms with van der Waals surface area (Å²) < 4.78 is 0. The number of aliphatic carboxylic acids is 1. The number of carboxylic acid groups (broad SMARTS) is 1. The zero-order chi connectivity index (χ0) is 12.9. The van der Waals surface area contributed by atoms with Gasteiger partial charge in [-0.15, -0.1) is 0 Å². The molecule has 0 unspecified atom stereocenters. The van der Waals surface area contributed by atoms with Crippen molar-refractivity contribution in [1.82, 2.24) is 0 Å². The van der Waals surface area contributed by atoms with Crippen LogP contribution in [0.3, 0.4) is 0 Å². The van der Waals surface area contributed by atoms with Gasteiger partial charge in [0.05, 0.1) is 0 Å². The van der Waals surface area contributed by atoms with E-state index < -0.39 is 5.97 Å². The minimum Gasteiger partial charge on any atom is -0.481 e. The first-order valence-electron chi connectivity index (χ1n) is 7.10. The molecule has 0 atom stereocenters. The lowest BCUT2D eigenvalue weighted by Gasteiger charge is -2.06. The first-order valence-corrected chi connectivity index (χ1v) is 7.10. The van der Waals surface area contributed by atoms with Crippen molar-refractivity contribution in [2.24, 2.45) is 0 Å². The summed E-state index contributed by atoms with van der Waals surface area (Å²) in [5.41, 5.74) is 1.59. The summed E-state index contributed by atoms with van der Waals surface area (Å²) in [4.78, 5) is 10.4. The lowest BCUT2D eigenvalue weighted by atomic mass is 10.0. The summed E-state index contributed by atoms with van der Waals surface area (Å²) in [5.74, 6) is -0.675. The van der Waals surface area contributed by atoms with Crippen LogP contribution in [0, 0.1) is 0 Å². The molecule has 1 N–H and O–H groups in total. The fourth-order valence-corrected chi connectivity index (χ4v) is 1.86. The second kappa shape index (κ2) is 11.7. The van der Waals surface area contributed by atoms with Crippen molar-refractivity contribution in [2.45, 2.75) is 78.1 Å². The van der Waals surface area contributed by atoms with E-state index in [1.807, 2.05) is 0 Å². The Morgan fingerprint density at radius 2 is 1.53 bits per heavy atom. The van der Waals surface area contributed by atoms with Crippen LogP contribution in [0.5, 0.6) is 0 Å². The van der Waals surface area contributed by atoms with Crippen molar-refractivity contribution >= 4 is 5.97 Å². The Morgan fingerprint density at radius 1 is 0.941 bits per heavy atom. The minimum atomic E-state index is -0.675. The van der Waals surface area contributed by atoms with E-state index >= 15 is 0 Å². The van der Waals surface area contributed by atoms with Gasteiger partial charge >= 0.3 is 5.97 Å². The largest absolute Gasteiger partial charge is 0.481 e. The van der Waals surface area contributed by atoms with Crippen LogP contribution in [0.2, 0.25) is 0 Å². The van der Waals surface area contributed by atoms with Crippen LogP contribution in [0.25, 0.3) is 0 Å². The average Bonchev–Trinajstić information content (AvgIpc) is 2.30. The molecule has 0 rings (SSSR count). The lowest BCUT2D eigenvalue weighted by Crippen LogP contribution is -1.93. The molecule has 2 nitrogen and oxygen atoms in total. The molecule has 0 saturated carbocycles. The van der Waals surface area contributed by atoms with Crippen LogP contribution in [0.15, 0.2) is 11.6 Å². The van der Waals surface area contributed by atoms with E-state index in [1.54, 1.807) is 5.57 Å². The molecule has 0 spiro atoms. The molecule has 0 fully saturated rings. The first-order chi connectivity index (χ1) is 8.20. The van der Waals surface area contributed by atoms with Crippen LogP contribution in [-0.4, -0.2) is 11.1 Å². The second-order valence-electron chi connectivity index (χ2n) is 4.71. The Bertz CT molecular complexity index is 209. The molecule has 0 aromatic carbocycles. The van der Waals surface area contributed by atoms with Gasteiger partial charge in [-0.1, -0.05) is 38.3 Å². The van der Waals surface area contributed by atoms with Gasteiger partial charge in [0.1, 0.15) is 0 Å². The van der Waals surface area contributed by atoms with E-state index in [1.165, 1.54) is 38.5 Å². The van der Waals surface area contributed by atoms with Crippen LogP contribution < -0.4 is 0 Å². The van der Waals surface area contributed by atoms with Gasteiger partial charge in [0.25, 0.3) is 0 Å². The van der Waals surface area contributed by atoms with E-state index in [-0.39, 0.29) is 0 Å². The molecule has 0 bridgehead atoms. The van der Waals surface area contributed by atoms with Gasteiger partial charge in [-0.2, -0.15) is 0 Å². The van der Waals surface area contributed by atoms with E-state index in [9.17, 15) is 4.79 Å². The Kier molecular flexibility index (Phi) is 11.1. The number of hydrogen-bond acceptors (Lipinski definition) is 1. The molecular weight excluding hydrogens is 212 g/mol. The van der Waals surface area contributed by atoms with E-state index in [2.05, 4.69) is 19.9 Å². The van der Waals surface area contributed by atoms with Gasteiger partial charge in [0, 0.05) is 6.42 Å². The van der Waals surface area contributed by atoms with Gasteiger partial charge in [-0.25, -0.2) is 0 Å². The summed E-state index contributed by atoms with van der Waals surface area (Å²) in [6.45, 7) is 4.45. The minimum absolute atomic E-state index is 0.313. The highest BCUT2D eigenvalue weighted by molar-refractivity contribution is 5.66. The van der Waals surface area contributed by atoms with Gasteiger partial charge in [0.15, 0.2) is 0 Å². The quantitative estimate of drug-likeness (QED) is 0.410. The summed E-state index contributed by atoms with van der Waals surface area (Å²) in [7, 11) is 0. The number of rotatable bonds is 11. The van der Waals surface area contributed by atoms with Crippen molar-refractivity contribution in [3.8, 4) is 0 Å². The smallest absolute Gasteiger partial charge is 0.303 e. The molecule has 100 valence electrons. The molecular formula is C15H28O2. The van der Waals surface area contributed by atoms with Gasteiger partial charge in [-0.05, 0) is 44.9 Å². The number of unbranched alkanes of at least 4 members (excludes halogenated alkanes) is 4. The van der Waals surface area contributed by atoms with Gasteiger partial charge < -0.3 is 5.11 Å². The van der Waals surface area contributed by atoms with E-state index in [4.69, 9.17) is 5.11 Å². The molecule has 0 aliphatic carbocycles. The maximum absolute atomic E-state index is 10.4. The molecule has 0 heterocycles. The highest BCUT2D eigenvalue weighted by atomic mass is 16.4. The molecule has 17 heavy (non-hydrogen) atoms. The number of carboxylic acids is 1. The third kappa shape index (κ3) is 11.5. The fourth-order valence-electron chi connectivity index (χ4n) is 1.86. The monoisotopic (exact) mass is 240 g/mol. The summed E-state index contributed by atoms with van der Waals surface area (Å²) in [6.07, 6.45) is 13.1. The first kappa shape index (κ1) is 16.2. The van der Waals surface area contributed by atoms with Crippen LogP contribution >= 0.6 is 0 Å². The fraction of sp³-hybridized carbons (Fsp3) is 0.800. The summed E-state index contributed by atoms with van der Waals surface area (Å²) in [6, 6.07) is 0. The van der Waals surface area contributed by atoms with Gasteiger partial charge in [-0.3, -0.25) is 4.79 Å². The van der Waals surface area contributed by atoms with Gasteiger partial charge in [0.2, 0.25) is 0 Å². The van der Waals surface area contributed by atoms with Crippen molar-refractivity contribution in [2.75, 3.05) is 0 Å². The molecule has 0 radical (unpaired) electrons. The Balaban J connectivity index is 3.78. The van der Waals surface area contributed by atoms with E-state index in [0.717, 1.165) is 19.3 Å². The Morgan fingerprint density at radius 3 is 2.00 bits per heavy atom. The van der Waals surface area contributed by atoms with Crippen LogP contribution in [0.1, 0.15) is 78.1 Å². The normalized spacial score (nSPS) is 10.2. The number of carbonyl (C=O) groups is 1. The zero-order valence-corrected chi connectivity index (χ0v) is 11.5. The SMILES string of the molecule is CCCCC(=CCCCCC(=O)O)CCCC. The Labute approximate surface area is 106 Å². The van der Waals surface area contributed by atoms with Crippen molar-refractivity contribution < 1.29 is 9.90 Å². The third-order valence-electron chi connectivity index (χ3n) is 2.98. The predicted octanol–water partition coefficient (Wildman–Crippen LogP) is 4.94.